The molecule has 0 aliphatic heterocycles. The first-order valence-electron chi connectivity index (χ1n) is 6.73. The summed E-state index contributed by atoms with van der Waals surface area (Å²) in [7, 11) is 1.67. The van der Waals surface area contributed by atoms with Crippen LogP contribution in [0.3, 0.4) is 0 Å². The predicted molar refractivity (Wildman–Crippen MR) is 77.4 cm³/mol. The van der Waals surface area contributed by atoms with Crippen LogP contribution in [0.25, 0.3) is 11.6 Å². The summed E-state index contributed by atoms with van der Waals surface area (Å²) in [5.41, 5.74) is 5.74. The molecule has 0 spiro atoms. The van der Waals surface area contributed by atoms with Crippen molar-refractivity contribution in [2.24, 2.45) is 5.73 Å². The molecule has 20 heavy (non-hydrogen) atoms. The van der Waals surface area contributed by atoms with Crippen LogP contribution in [0.1, 0.15) is 37.5 Å². The molecule has 0 atom stereocenters. The molecule has 2 rings (SSSR count). The second-order valence-electron chi connectivity index (χ2n) is 4.49. The highest BCUT2D eigenvalue weighted by Gasteiger charge is 2.34. The van der Waals surface area contributed by atoms with E-state index >= 15 is 0 Å². The van der Waals surface area contributed by atoms with Crippen molar-refractivity contribution >= 4 is 11.3 Å². The van der Waals surface area contributed by atoms with Crippen molar-refractivity contribution in [2.75, 3.05) is 13.7 Å². The van der Waals surface area contributed by atoms with E-state index in [4.69, 9.17) is 15.0 Å². The van der Waals surface area contributed by atoms with Gasteiger partial charge >= 0.3 is 0 Å². The van der Waals surface area contributed by atoms with Crippen LogP contribution in [0.4, 0.5) is 0 Å². The zero-order valence-corrected chi connectivity index (χ0v) is 12.9. The van der Waals surface area contributed by atoms with E-state index in [1.54, 1.807) is 18.4 Å². The summed E-state index contributed by atoms with van der Waals surface area (Å²) in [4.78, 5) is 8.89. The first-order chi connectivity index (χ1) is 9.69. The molecule has 0 aromatic carbocycles. The number of rotatable bonds is 7. The van der Waals surface area contributed by atoms with Crippen LogP contribution in [-0.4, -0.2) is 28.8 Å². The summed E-state index contributed by atoms with van der Waals surface area (Å²) in [6.45, 7) is 4.68. The Bertz CT molecular complexity index is 540. The summed E-state index contributed by atoms with van der Waals surface area (Å²) in [5.74, 6) is 1.01. The van der Waals surface area contributed by atoms with Gasteiger partial charge in [0.05, 0.1) is 5.01 Å². The molecular formula is C13H20N4O2S. The Morgan fingerprint density at radius 3 is 2.70 bits per heavy atom. The maximum atomic E-state index is 5.60. The highest BCUT2D eigenvalue weighted by molar-refractivity contribution is 7.09. The van der Waals surface area contributed by atoms with Gasteiger partial charge in [-0.1, -0.05) is 19.0 Å². The number of methoxy groups -OCH3 is 1. The normalized spacial score (nSPS) is 12.0. The average molecular weight is 296 g/mol. The Morgan fingerprint density at radius 1 is 1.35 bits per heavy atom. The summed E-state index contributed by atoms with van der Waals surface area (Å²) in [5, 5.41) is 6.95. The molecule has 0 fully saturated rings. The van der Waals surface area contributed by atoms with E-state index in [-0.39, 0.29) is 0 Å². The minimum atomic E-state index is -0.488. The second-order valence-corrected chi connectivity index (χ2v) is 5.44. The molecule has 0 aliphatic carbocycles. The minimum absolute atomic E-state index is 0.433. The van der Waals surface area contributed by atoms with E-state index in [9.17, 15) is 0 Å². The van der Waals surface area contributed by atoms with E-state index < -0.39 is 5.60 Å². The summed E-state index contributed by atoms with van der Waals surface area (Å²) in [6, 6.07) is 0. The van der Waals surface area contributed by atoms with Gasteiger partial charge in [-0.15, -0.1) is 11.3 Å². The van der Waals surface area contributed by atoms with Gasteiger partial charge in [-0.3, -0.25) is 0 Å². The average Bonchev–Trinajstić information content (AvgIpc) is 3.11. The van der Waals surface area contributed by atoms with Crippen molar-refractivity contribution in [2.45, 2.75) is 38.7 Å². The number of hydrogen-bond donors (Lipinski definition) is 1. The Balaban J connectivity index is 2.27. The van der Waals surface area contributed by atoms with Crippen molar-refractivity contribution in [1.29, 1.82) is 0 Å². The molecule has 0 bridgehead atoms. The third-order valence-electron chi connectivity index (χ3n) is 3.50. The number of thiazole rings is 1. The van der Waals surface area contributed by atoms with Gasteiger partial charge in [-0.2, -0.15) is 4.98 Å². The van der Waals surface area contributed by atoms with Gasteiger partial charge in [-0.25, -0.2) is 4.98 Å². The number of hydrogen-bond acceptors (Lipinski definition) is 7. The fourth-order valence-electron chi connectivity index (χ4n) is 2.11. The fourth-order valence-corrected chi connectivity index (χ4v) is 2.89. The third kappa shape index (κ3) is 2.74. The SMILES string of the molecule is CCC(CC)(OC)c1noc(-c2csc(CCN)n2)n1. The lowest BCUT2D eigenvalue weighted by atomic mass is 9.96. The molecule has 0 saturated heterocycles. The largest absolute Gasteiger partial charge is 0.370 e. The van der Waals surface area contributed by atoms with Crippen LogP contribution in [0.15, 0.2) is 9.90 Å². The first kappa shape index (κ1) is 15.1. The van der Waals surface area contributed by atoms with Crippen molar-refractivity contribution in [3.8, 4) is 11.6 Å². The molecule has 0 radical (unpaired) electrons. The van der Waals surface area contributed by atoms with Gasteiger partial charge < -0.3 is 15.0 Å². The standard InChI is InChI=1S/C13H20N4O2S/c1-4-13(5-2,18-3)12-16-11(19-17-12)9-8-20-10(15-9)6-7-14/h8H,4-7,14H2,1-3H3. The molecule has 110 valence electrons. The van der Waals surface area contributed by atoms with Crippen LogP contribution in [0, 0.1) is 0 Å². The first-order valence-corrected chi connectivity index (χ1v) is 7.61. The zero-order chi connectivity index (χ0) is 14.6. The summed E-state index contributed by atoms with van der Waals surface area (Å²) >= 11 is 1.55. The molecule has 2 N–H and O–H groups in total. The van der Waals surface area contributed by atoms with Crippen molar-refractivity contribution < 1.29 is 9.26 Å². The molecule has 6 nitrogen and oxygen atoms in total. The summed E-state index contributed by atoms with van der Waals surface area (Å²) in [6.07, 6.45) is 2.33. The maximum absolute atomic E-state index is 5.60. The highest BCUT2D eigenvalue weighted by atomic mass is 32.1. The highest BCUT2D eigenvalue weighted by Crippen LogP contribution is 2.31. The lowest BCUT2D eigenvalue weighted by Crippen LogP contribution is -2.28. The zero-order valence-electron chi connectivity index (χ0n) is 12.0. The number of nitrogens with two attached hydrogens (primary N) is 1. The van der Waals surface area contributed by atoms with Gasteiger partial charge in [0, 0.05) is 18.9 Å². The fraction of sp³-hybridized carbons (Fsp3) is 0.615. The quantitative estimate of drug-likeness (QED) is 0.844. The monoisotopic (exact) mass is 296 g/mol. The Kier molecular flexibility index (Phi) is 4.85. The topological polar surface area (TPSA) is 87.1 Å². The molecule has 0 aliphatic rings. The molecule has 0 amide bonds. The molecular weight excluding hydrogens is 276 g/mol. The molecule has 2 aromatic heterocycles. The third-order valence-corrected chi connectivity index (χ3v) is 4.40. The molecule has 0 saturated carbocycles. The second kappa shape index (κ2) is 6.43. The van der Waals surface area contributed by atoms with Crippen LogP contribution in [0.2, 0.25) is 0 Å². The Hall–Kier alpha value is -1.31. The molecule has 2 aromatic rings. The van der Waals surface area contributed by atoms with Crippen LogP contribution < -0.4 is 5.73 Å². The van der Waals surface area contributed by atoms with Crippen LogP contribution >= 0.6 is 11.3 Å². The number of ether oxygens (including phenoxy) is 1. The van der Waals surface area contributed by atoms with E-state index in [2.05, 4.69) is 15.1 Å². The van der Waals surface area contributed by atoms with E-state index in [0.717, 1.165) is 24.3 Å². The maximum Gasteiger partial charge on any atom is 0.277 e. The van der Waals surface area contributed by atoms with Crippen molar-refractivity contribution in [1.82, 2.24) is 15.1 Å². The van der Waals surface area contributed by atoms with Crippen molar-refractivity contribution in [3.63, 3.8) is 0 Å². The van der Waals surface area contributed by atoms with E-state index in [1.165, 1.54) is 0 Å². The minimum Gasteiger partial charge on any atom is -0.370 e. The van der Waals surface area contributed by atoms with Gasteiger partial charge in [0.1, 0.15) is 11.3 Å². The van der Waals surface area contributed by atoms with Crippen LogP contribution in [-0.2, 0) is 16.8 Å². The number of aromatic nitrogens is 3. The summed E-state index contributed by atoms with van der Waals surface area (Å²) < 4.78 is 10.9. The van der Waals surface area contributed by atoms with E-state index in [0.29, 0.717) is 24.0 Å². The Morgan fingerprint density at radius 2 is 2.10 bits per heavy atom. The van der Waals surface area contributed by atoms with Gasteiger partial charge in [-0.05, 0) is 19.4 Å². The predicted octanol–water partition coefficient (Wildman–Crippen LogP) is 2.36. The van der Waals surface area contributed by atoms with Gasteiger partial charge in [0.2, 0.25) is 5.82 Å². The van der Waals surface area contributed by atoms with Crippen LogP contribution in [0.5, 0.6) is 0 Å². The van der Waals surface area contributed by atoms with Gasteiger partial charge in [0.15, 0.2) is 0 Å². The molecule has 7 heteroatoms. The smallest absolute Gasteiger partial charge is 0.277 e. The molecule has 2 heterocycles. The van der Waals surface area contributed by atoms with Gasteiger partial charge in [0.25, 0.3) is 5.89 Å². The number of nitrogens with zero attached hydrogens (tertiary/aromatic N) is 3. The lowest BCUT2D eigenvalue weighted by molar-refractivity contribution is -0.0306. The van der Waals surface area contributed by atoms with E-state index in [1.807, 2.05) is 19.2 Å². The molecule has 0 unspecified atom stereocenters. The van der Waals surface area contributed by atoms with Crippen molar-refractivity contribution in [3.05, 3.63) is 16.2 Å². The lowest BCUT2D eigenvalue weighted by Gasteiger charge is -2.25. The Labute approximate surface area is 122 Å².